The fourth-order valence-corrected chi connectivity index (χ4v) is 8.76. The van der Waals surface area contributed by atoms with E-state index in [1.165, 1.54) is 25.7 Å². The largest absolute Gasteiger partial charge is 0.462 e. The van der Waals surface area contributed by atoms with Crippen LogP contribution in [0.5, 0.6) is 0 Å². The van der Waals surface area contributed by atoms with E-state index in [9.17, 15) is 9.59 Å². The van der Waals surface area contributed by atoms with E-state index in [0.29, 0.717) is 23.7 Å². The van der Waals surface area contributed by atoms with Gasteiger partial charge in [-0.05, 0) is 98.4 Å². The van der Waals surface area contributed by atoms with Crippen LogP contribution in [0.2, 0.25) is 0 Å². The second-order valence-corrected chi connectivity index (χ2v) is 12.1. The van der Waals surface area contributed by atoms with Crippen molar-refractivity contribution in [2.24, 2.45) is 34.5 Å². The third kappa shape index (κ3) is 4.22. The van der Waals surface area contributed by atoms with Gasteiger partial charge < -0.3 is 9.47 Å². The maximum absolute atomic E-state index is 12.6. The quantitative estimate of drug-likeness (QED) is 0.556. The molecule has 0 spiro atoms. The molecular weight excluding hydrogens is 414 g/mol. The van der Waals surface area contributed by atoms with E-state index in [-0.39, 0.29) is 23.3 Å². The van der Waals surface area contributed by atoms with E-state index in [1.807, 2.05) is 0 Å². The molecule has 4 aliphatic carbocycles. The summed E-state index contributed by atoms with van der Waals surface area (Å²) < 4.78 is 11.4. The Morgan fingerprint density at radius 1 is 1.09 bits per heavy atom. The van der Waals surface area contributed by atoms with Crippen LogP contribution in [0, 0.1) is 34.5 Å². The van der Waals surface area contributed by atoms with Gasteiger partial charge in [-0.3, -0.25) is 14.5 Å². The molecule has 7 atom stereocenters. The van der Waals surface area contributed by atoms with Gasteiger partial charge in [-0.15, -0.1) is 0 Å². The second kappa shape index (κ2) is 9.11. The highest BCUT2D eigenvalue weighted by atomic mass is 16.5. The molecule has 0 amide bonds. The van der Waals surface area contributed by atoms with Crippen LogP contribution in [0.3, 0.4) is 0 Å². The SMILES string of the molecule is CC(=O)C1=CCC2C3CCC4CC(OC(=O)CCN5CCOCC5)CCC4(C)C3CCC12C. The molecule has 5 rings (SSSR count). The topological polar surface area (TPSA) is 55.8 Å². The molecule has 0 aromatic carbocycles. The standard InChI is InChI=1S/C28H43NO4/c1-19(30)23-6-7-24-22-5-4-20-18-21(33-26(31)10-13-29-14-16-32-17-15-29)8-11-27(20,2)25(22)9-12-28(23,24)3/h6,20-22,24-25H,4-5,7-18H2,1-3H3. The molecule has 4 fully saturated rings. The Balaban J connectivity index is 1.18. The first-order chi connectivity index (χ1) is 15.8. The van der Waals surface area contributed by atoms with Crippen LogP contribution in [-0.2, 0) is 19.1 Å². The Bertz CT molecular complexity index is 802. The number of esters is 1. The van der Waals surface area contributed by atoms with Crippen molar-refractivity contribution in [3.8, 4) is 0 Å². The van der Waals surface area contributed by atoms with Crippen LogP contribution in [0.25, 0.3) is 0 Å². The normalized spacial score (nSPS) is 43.1. The Morgan fingerprint density at radius 2 is 1.88 bits per heavy atom. The molecule has 184 valence electrons. The highest BCUT2D eigenvalue weighted by Crippen LogP contribution is 2.66. The number of hydrogen-bond acceptors (Lipinski definition) is 5. The number of nitrogens with zero attached hydrogens (tertiary/aromatic N) is 1. The lowest BCUT2D eigenvalue weighted by molar-refractivity contribution is -0.161. The van der Waals surface area contributed by atoms with Gasteiger partial charge in [0.25, 0.3) is 0 Å². The van der Waals surface area contributed by atoms with Gasteiger partial charge in [-0.2, -0.15) is 0 Å². The third-order valence-corrected chi connectivity index (χ3v) is 10.6. The van der Waals surface area contributed by atoms with Gasteiger partial charge in [-0.25, -0.2) is 0 Å². The summed E-state index contributed by atoms with van der Waals surface area (Å²) in [7, 11) is 0. The maximum atomic E-state index is 12.6. The molecule has 0 radical (unpaired) electrons. The average Bonchev–Trinajstić information content (AvgIpc) is 3.16. The Kier molecular flexibility index (Phi) is 6.50. The van der Waals surface area contributed by atoms with Crippen molar-refractivity contribution in [2.75, 3.05) is 32.8 Å². The van der Waals surface area contributed by atoms with Crippen LogP contribution >= 0.6 is 0 Å². The summed E-state index contributed by atoms with van der Waals surface area (Å²) in [6.07, 6.45) is 12.1. The number of morpholine rings is 1. The Morgan fingerprint density at radius 3 is 2.64 bits per heavy atom. The average molecular weight is 458 g/mol. The van der Waals surface area contributed by atoms with Crippen LogP contribution < -0.4 is 0 Å². The number of rotatable bonds is 5. The van der Waals surface area contributed by atoms with Crippen molar-refractivity contribution < 1.29 is 19.1 Å². The summed E-state index contributed by atoms with van der Waals surface area (Å²) in [4.78, 5) is 27.2. The molecule has 5 aliphatic rings. The number of carbonyl (C=O) groups is 2. The Labute approximate surface area is 199 Å². The predicted molar refractivity (Wildman–Crippen MR) is 128 cm³/mol. The number of Topliss-reactive ketones (excluding diaryl/α,β-unsaturated/α-hetero) is 1. The molecule has 0 aromatic rings. The number of allylic oxidation sites excluding steroid dienone is 2. The number of hydrogen-bond donors (Lipinski definition) is 0. The monoisotopic (exact) mass is 457 g/mol. The summed E-state index contributed by atoms with van der Waals surface area (Å²) in [5.41, 5.74) is 1.58. The summed E-state index contributed by atoms with van der Waals surface area (Å²) in [5.74, 6) is 3.07. The van der Waals surface area contributed by atoms with Crippen LogP contribution in [0.4, 0.5) is 0 Å². The van der Waals surface area contributed by atoms with Gasteiger partial charge in [0, 0.05) is 19.6 Å². The molecule has 0 bridgehead atoms. The zero-order chi connectivity index (χ0) is 23.2. The third-order valence-electron chi connectivity index (χ3n) is 10.6. The minimum atomic E-state index is -0.0222. The summed E-state index contributed by atoms with van der Waals surface area (Å²) in [6.45, 7) is 10.8. The minimum absolute atomic E-state index is 0.0222. The first-order valence-corrected chi connectivity index (χ1v) is 13.5. The van der Waals surface area contributed by atoms with E-state index < -0.39 is 0 Å². The fraction of sp³-hybridized carbons (Fsp3) is 0.857. The second-order valence-electron chi connectivity index (χ2n) is 12.1. The van der Waals surface area contributed by atoms with Gasteiger partial charge >= 0.3 is 5.97 Å². The molecule has 0 aromatic heterocycles. The smallest absolute Gasteiger partial charge is 0.307 e. The molecule has 1 heterocycles. The molecule has 33 heavy (non-hydrogen) atoms. The van der Waals surface area contributed by atoms with Crippen molar-refractivity contribution in [3.63, 3.8) is 0 Å². The molecule has 3 saturated carbocycles. The molecule has 0 N–H and O–H groups in total. The highest BCUT2D eigenvalue weighted by molar-refractivity contribution is 5.95. The van der Waals surface area contributed by atoms with Gasteiger partial charge in [0.1, 0.15) is 6.10 Å². The number of ketones is 1. The number of carbonyl (C=O) groups excluding carboxylic acids is 2. The van der Waals surface area contributed by atoms with E-state index in [2.05, 4.69) is 24.8 Å². The summed E-state index contributed by atoms with van der Waals surface area (Å²) in [5, 5.41) is 0. The highest BCUT2D eigenvalue weighted by Gasteiger charge is 2.59. The summed E-state index contributed by atoms with van der Waals surface area (Å²) in [6, 6.07) is 0. The molecule has 1 aliphatic heterocycles. The van der Waals surface area contributed by atoms with E-state index in [4.69, 9.17) is 9.47 Å². The zero-order valence-corrected chi connectivity index (χ0v) is 20.9. The lowest BCUT2D eigenvalue weighted by atomic mass is 9.44. The first-order valence-electron chi connectivity index (χ1n) is 13.5. The lowest BCUT2D eigenvalue weighted by Gasteiger charge is -2.60. The molecule has 5 nitrogen and oxygen atoms in total. The molecular formula is C28H43NO4. The van der Waals surface area contributed by atoms with Crippen LogP contribution in [0.15, 0.2) is 11.6 Å². The number of fused-ring (bicyclic) bond motifs is 5. The van der Waals surface area contributed by atoms with Gasteiger partial charge in [0.05, 0.1) is 19.6 Å². The Hall–Kier alpha value is -1.20. The molecule has 5 heteroatoms. The van der Waals surface area contributed by atoms with Crippen molar-refractivity contribution in [1.29, 1.82) is 0 Å². The van der Waals surface area contributed by atoms with Gasteiger partial charge in [0.2, 0.25) is 0 Å². The van der Waals surface area contributed by atoms with Gasteiger partial charge in [0.15, 0.2) is 5.78 Å². The van der Waals surface area contributed by atoms with Crippen molar-refractivity contribution in [2.45, 2.75) is 84.7 Å². The van der Waals surface area contributed by atoms with E-state index in [1.54, 1.807) is 6.92 Å². The van der Waals surface area contributed by atoms with Crippen molar-refractivity contribution in [1.82, 2.24) is 4.90 Å². The molecule has 7 unspecified atom stereocenters. The van der Waals surface area contributed by atoms with Crippen molar-refractivity contribution in [3.05, 3.63) is 11.6 Å². The van der Waals surface area contributed by atoms with Crippen molar-refractivity contribution >= 4 is 11.8 Å². The minimum Gasteiger partial charge on any atom is -0.462 e. The fourth-order valence-electron chi connectivity index (χ4n) is 8.76. The number of ether oxygens (including phenoxy) is 2. The maximum Gasteiger partial charge on any atom is 0.307 e. The lowest BCUT2D eigenvalue weighted by Crippen LogP contribution is -2.54. The van der Waals surface area contributed by atoms with Gasteiger partial charge in [-0.1, -0.05) is 19.9 Å². The van der Waals surface area contributed by atoms with Crippen LogP contribution in [0.1, 0.15) is 78.6 Å². The molecule has 1 saturated heterocycles. The first kappa shape index (κ1) is 23.5. The van der Waals surface area contributed by atoms with E-state index >= 15 is 0 Å². The van der Waals surface area contributed by atoms with Crippen LogP contribution in [-0.4, -0.2) is 55.6 Å². The summed E-state index contributed by atoms with van der Waals surface area (Å²) >= 11 is 0. The van der Waals surface area contributed by atoms with E-state index in [0.717, 1.165) is 75.9 Å². The predicted octanol–water partition coefficient (Wildman–Crippen LogP) is 4.79. The zero-order valence-electron chi connectivity index (χ0n) is 20.9.